The Hall–Kier alpha value is -1.84. The lowest BCUT2D eigenvalue weighted by Crippen LogP contribution is -2.26. The molecule has 0 N–H and O–H groups in total. The van der Waals surface area contributed by atoms with Crippen LogP contribution in [0.5, 0.6) is 0 Å². The number of hydrogen-bond donors (Lipinski definition) is 0. The molecule has 0 unspecified atom stereocenters. The number of hydrogen-bond acceptors (Lipinski definition) is 3. The molecule has 18 heavy (non-hydrogen) atoms. The highest BCUT2D eigenvalue weighted by Gasteiger charge is 2.35. The van der Waals surface area contributed by atoms with Gasteiger partial charge in [0, 0.05) is 18.7 Å². The Balaban J connectivity index is 2.12. The lowest BCUT2D eigenvalue weighted by atomic mass is 10.1. The Kier molecular flexibility index (Phi) is 3.65. The summed E-state index contributed by atoms with van der Waals surface area (Å²) < 4.78 is 4.96. The average molecular weight is 247 g/mol. The Bertz CT molecular complexity index is 470. The number of nitrogens with zero attached hydrogens (tertiary/aromatic N) is 1. The Morgan fingerprint density at radius 2 is 2.28 bits per heavy atom. The third-order valence-electron chi connectivity index (χ3n) is 3.06. The van der Waals surface area contributed by atoms with Crippen molar-refractivity contribution in [3.8, 4) is 0 Å². The molecule has 1 heterocycles. The molecule has 0 radical (unpaired) electrons. The molecule has 1 amide bonds. The van der Waals surface area contributed by atoms with E-state index in [9.17, 15) is 9.59 Å². The van der Waals surface area contributed by atoms with Crippen molar-refractivity contribution < 1.29 is 14.3 Å². The van der Waals surface area contributed by atoms with Gasteiger partial charge in [-0.25, -0.2) is 0 Å². The van der Waals surface area contributed by atoms with Crippen LogP contribution in [0.3, 0.4) is 0 Å². The first-order chi connectivity index (χ1) is 8.61. The highest BCUT2D eigenvalue weighted by molar-refractivity contribution is 5.99. The van der Waals surface area contributed by atoms with Gasteiger partial charge in [-0.15, -0.1) is 0 Å². The molecule has 4 nitrogen and oxygen atoms in total. The van der Waals surface area contributed by atoms with E-state index in [4.69, 9.17) is 4.74 Å². The molecule has 1 fully saturated rings. The smallest absolute Gasteiger partial charge is 0.311 e. The number of anilines is 1. The van der Waals surface area contributed by atoms with Crippen molar-refractivity contribution in [3.63, 3.8) is 0 Å². The summed E-state index contributed by atoms with van der Waals surface area (Å²) in [7, 11) is 0. The van der Waals surface area contributed by atoms with Crippen molar-refractivity contribution in [3.05, 3.63) is 29.8 Å². The van der Waals surface area contributed by atoms with Gasteiger partial charge in [0.2, 0.25) is 5.91 Å². The van der Waals surface area contributed by atoms with E-state index in [1.54, 1.807) is 11.8 Å². The van der Waals surface area contributed by atoms with Gasteiger partial charge in [-0.2, -0.15) is 0 Å². The first-order valence-corrected chi connectivity index (χ1v) is 6.15. The summed E-state index contributed by atoms with van der Waals surface area (Å²) in [6.45, 7) is 4.52. The van der Waals surface area contributed by atoms with Gasteiger partial charge >= 0.3 is 5.97 Å². The second-order valence-electron chi connectivity index (χ2n) is 4.50. The molecule has 96 valence electrons. The van der Waals surface area contributed by atoms with Crippen molar-refractivity contribution in [2.45, 2.75) is 20.3 Å². The van der Waals surface area contributed by atoms with Crippen LogP contribution in [0.4, 0.5) is 5.69 Å². The monoisotopic (exact) mass is 247 g/mol. The topological polar surface area (TPSA) is 46.6 Å². The molecule has 1 aromatic rings. The summed E-state index contributed by atoms with van der Waals surface area (Å²) >= 11 is 0. The van der Waals surface area contributed by atoms with Crippen LogP contribution in [0.15, 0.2) is 24.3 Å². The first kappa shape index (κ1) is 12.6. The number of benzene rings is 1. The standard InChI is InChI=1S/C14H17NO3/c1-3-18-14(17)11-8-13(16)15(9-11)12-6-4-5-10(2)7-12/h4-7,11H,3,8-9H2,1-2H3/t11-/m0/s1. The Morgan fingerprint density at radius 1 is 1.50 bits per heavy atom. The summed E-state index contributed by atoms with van der Waals surface area (Å²) in [5.41, 5.74) is 1.95. The van der Waals surface area contributed by atoms with Gasteiger partial charge < -0.3 is 9.64 Å². The maximum atomic E-state index is 11.9. The van der Waals surface area contributed by atoms with Crippen molar-refractivity contribution in [2.24, 2.45) is 5.92 Å². The largest absolute Gasteiger partial charge is 0.466 e. The molecule has 0 bridgehead atoms. The molecule has 0 aliphatic carbocycles. The van der Waals surface area contributed by atoms with Gasteiger partial charge in [-0.3, -0.25) is 9.59 Å². The molecular formula is C14H17NO3. The lowest BCUT2D eigenvalue weighted by Gasteiger charge is -2.16. The van der Waals surface area contributed by atoms with E-state index >= 15 is 0 Å². The molecule has 1 atom stereocenters. The maximum absolute atomic E-state index is 11.9. The van der Waals surface area contributed by atoms with E-state index in [1.165, 1.54) is 0 Å². The highest BCUT2D eigenvalue weighted by atomic mass is 16.5. The molecule has 1 aliphatic rings. The van der Waals surface area contributed by atoms with E-state index < -0.39 is 0 Å². The van der Waals surface area contributed by atoms with Crippen molar-refractivity contribution in [2.75, 3.05) is 18.1 Å². The second kappa shape index (κ2) is 5.21. The fraction of sp³-hybridized carbons (Fsp3) is 0.429. The van der Waals surface area contributed by atoms with Gasteiger partial charge in [-0.1, -0.05) is 12.1 Å². The molecule has 4 heteroatoms. The van der Waals surface area contributed by atoms with E-state index in [0.717, 1.165) is 11.3 Å². The van der Waals surface area contributed by atoms with Crippen LogP contribution in [-0.2, 0) is 14.3 Å². The van der Waals surface area contributed by atoms with Crippen LogP contribution in [0.25, 0.3) is 0 Å². The summed E-state index contributed by atoms with van der Waals surface area (Å²) in [6.07, 6.45) is 0.243. The second-order valence-corrected chi connectivity index (χ2v) is 4.50. The van der Waals surface area contributed by atoms with Gasteiger partial charge in [-0.05, 0) is 31.5 Å². The summed E-state index contributed by atoms with van der Waals surface area (Å²) in [4.78, 5) is 25.2. The molecule has 0 spiro atoms. The third kappa shape index (κ3) is 2.53. The molecule has 0 aromatic heterocycles. The van der Waals surface area contributed by atoms with Crippen LogP contribution >= 0.6 is 0 Å². The molecule has 1 saturated heterocycles. The Labute approximate surface area is 107 Å². The average Bonchev–Trinajstić information content (AvgIpc) is 2.72. The van der Waals surface area contributed by atoms with Gasteiger partial charge in [0.1, 0.15) is 0 Å². The van der Waals surface area contributed by atoms with Crippen LogP contribution in [0.1, 0.15) is 18.9 Å². The molecule has 1 aromatic carbocycles. The van der Waals surface area contributed by atoms with Crippen molar-refractivity contribution in [1.82, 2.24) is 0 Å². The molecule has 0 saturated carbocycles. The fourth-order valence-electron chi connectivity index (χ4n) is 2.17. The van der Waals surface area contributed by atoms with Crippen LogP contribution in [0, 0.1) is 12.8 Å². The highest BCUT2D eigenvalue weighted by Crippen LogP contribution is 2.26. The van der Waals surface area contributed by atoms with E-state index in [0.29, 0.717) is 13.2 Å². The normalized spacial score (nSPS) is 19.1. The van der Waals surface area contributed by atoms with Gasteiger partial charge in [0.25, 0.3) is 0 Å². The van der Waals surface area contributed by atoms with Crippen LogP contribution < -0.4 is 4.90 Å². The van der Waals surface area contributed by atoms with E-state index in [1.807, 2.05) is 31.2 Å². The number of amides is 1. The van der Waals surface area contributed by atoms with Crippen LogP contribution in [-0.4, -0.2) is 25.0 Å². The number of carbonyl (C=O) groups excluding carboxylic acids is 2. The quantitative estimate of drug-likeness (QED) is 0.766. The summed E-state index contributed by atoms with van der Waals surface area (Å²) in [6, 6.07) is 7.73. The van der Waals surface area contributed by atoms with Gasteiger partial charge in [0.05, 0.1) is 12.5 Å². The number of esters is 1. The number of aryl methyl sites for hydroxylation is 1. The Morgan fingerprint density at radius 3 is 2.94 bits per heavy atom. The lowest BCUT2D eigenvalue weighted by molar-refractivity contribution is -0.147. The van der Waals surface area contributed by atoms with Crippen molar-refractivity contribution in [1.29, 1.82) is 0 Å². The van der Waals surface area contributed by atoms with E-state index in [-0.39, 0.29) is 24.2 Å². The van der Waals surface area contributed by atoms with Gasteiger partial charge in [0.15, 0.2) is 0 Å². The van der Waals surface area contributed by atoms with Crippen molar-refractivity contribution >= 4 is 17.6 Å². The van der Waals surface area contributed by atoms with E-state index in [2.05, 4.69) is 0 Å². The minimum atomic E-state index is -0.335. The molecule has 1 aliphatic heterocycles. The van der Waals surface area contributed by atoms with Crippen LogP contribution in [0.2, 0.25) is 0 Å². The zero-order valence-electron chi connectivity index (χ0n) is 10.7. The third-order valence-corrected chi connectivity index (χ3v) is 3.06. The number of rotatable bonds is 3. The first-order valence-electron chi connectivity index (χ1n) is 6.15. The molecule has 2 rings (SSSR count). The predicted molar refractivity (Wildman–Crippen MR) is 68.3 cm³/mol. The SMILES string of the molecule is CCOC(=O)[C@H]1CC(=O)N(c2cccc(C)c2)C1. The minimum absolute atomic E-state index is 0.0151. The fourth-order valence-corrected chi connectivity index (χ4v) is 2.17. The summed E-state index contributed by atoms with van der Waals surface area (Å²) in [5.74, 6) is -0.627. The number of carbonyl (C=O) groups is 2. The predicted octanol–water partition coefficient (Wildman–Crippen LogP) is 1.91. The zero-order chi connectivity index (χ0) is 13.1. The minimum Gasteiger partial charge on any atom is -0.466 e. The zero-order valence-corrected chi connectivity index (χ0v) is 10.7. The number of ether oxygens (including phenoxy) is 1. The summed E-state index contributed by atoms with van der Waals surface area (Å²) in [5, 5.41) is 0. The molecular weight excluding hydrogens is 230 g/mol. The maximum Gasteiger partial charge on any atom is 0.311 e.